The summed E-state index contributed by atoms with van der Waals surface area (Å²) in [6, 6.07) is 23.9. The monoisotopic (exact) mass is 508 g/mol. The Morgan fingerprint density at radius 1 is 0.895 bits per heavy atom. The van der Waals surface area contributed by atoms with Gasteiger partial charge in [-0.1, -0.05) is 48.5 Å². The van der Waals surface area contributed by atoms with E-state index in [4.69, 9.17) is 4.98 Å². The number of fused-ring (bicyclic) bond motifs is 1. The summed E-state index contributed by atoms with van der Waals surface area (Å²) in [7, 11) is 4.26. The van der Waals surface area contributed by atoms with Crippen molar-refractivity contribution in [3.05, 3.63) is 84.6 Å². The van der Waals surface area contributed by atoms with Crippen LogP contribution < -0.4 is 10.2 Å². The molecule has 0 saturated carbocycles. The summed E-state index contributed by atoms with van der Waals surface area (Å²) in [5.74, 6) is 0.922. The van der Waals surface area contributed by atoms with Crippen molar-refractivity contribution in [2.24, 2.45) is 0 Å². The summed E-state index contributed by atoms with van der Waals surface area (Å²) in [5, 5.41) is 2.99. The molecule has 1 N–H and O–H groups in total. The highest BCUT2D eigenvalue weighted by Crippen LogP contribution is 2.26. The third kappa shape index (κ3) is 6.73. The van der Waals surface area contributed by atoms with E-state index in [1.165, 1.54) is 6.42 Å². The molecular weight excluding hydrogens is 472 g/mol. The van der Waals surface area contributed by atoms with Crippen LogP contribution in [0.1, 0.15) is 12.0 Å². The van der Waals surface area contributed by atoms with E-state index in [2.05, 4.69) is 51.2 Å². The fourth-order valence-corrected chi connectivity index (χ4v) is 4.88. The quantitative estimate of drug-likeness (QED) is 0.358. The largest absolute Gasteiger partial charge is 0.353 e. The SMILES string of the molecule is CN(C)CCCN1CCN(c2cnc3ccc(-c4ccc(NC(=O)Cc5ccccc5)cc4)cc3n2)CC1. The molecule has 2 heterocycles. The van der Waals surface area contributed by atoms with E-state index in [1.807, 2.05) is 66.9 Å². The maximum atomic E-state index is 12.4. The van der Waals surface area contributed by atoms with Gasteiger partial charge in [0.2, 0.25) is 5.91 Å². The Labute approximate surface area is 225 Å². The van der Waals surface area contributed by atoms with Gasteiger partial charge in [0.1, 0.15) is 5.82 Å². The molecule has 5 rings (SSSR count). The van der Waals surface area contributed by atoms with Crippen molar-refractivity contribution < 1.29 is 4.79 Å². The van der Waals surface area contributed by atoms with E-state index in [0.29, 0.717) is 6.42 Å². The van der Waals surface area contributed by atoms with Gasteiger partial charge in [-0.25, -0.2) is 4.98 Å². The van der Waals surface area contributed by atoms with Gasteiger partial charge < -0.3 is 15.1 Å². The fourth-order valence-electron chi connectivity index (χ4n) is 4.88. The Balaban J connectivity index is 1.21. The molecule has 196 valence electrons. The number of rotatable bonds is 9. The highest BCUT2D eigenvalue weighted by atomic mass is 16.1. The van der Waals surface area contributed by atoms with Crippen LogP contribution in [0.3, 0.4) is 0 Å². The first-order valence-electron chi connectivity index (χ1n) is 13.4. The van der Waals surface area contributed by atoms with E-state index < -0.39 is 0 Å². The van der Waals surface area contributed by atoms with Gasteiger partial charge in [-0.3, -0.25) is 14.7 Å². The molecule has 0 radical (unpaired) electrons. The summed E-state index contributed by atoms with van der Waals surface area (Å²) < 4.78 is 0. The Kier molecular flexibility index (Phi) is 8.26. The average molecular weight is 509 g/mol. The van der Waals surface area contributed by atoms with Gasteiger partial charge in [-0.05, 0) is 74.6 Å². The molecule has 1 saturated heterocycles. The first kappa shape index (κ1) is 25.8. The molecule has 7 nitrogen and oxygen atoms in total. The number of carbonyl (C=O) groups excluding carboxylic acids is 1. The fraction of sp³-hybridized carbons (Fsp3) is 0.323. The standard InChI is InChI=1S/C31H36N6O/c1-35(2)15-6-16-36-17-19-37(20-18-36)30-23-32-28-14-11-26(22-29(28)34-30)25-9-12-27(13-10-25)33-31(38)21-24-7-4-3-5-8-24/h3-5,7-14,22-23H,6,15-21H2,1-2H3,(H,33,38). The van der Waals surface area contributed by atoms with Gasteiger partial charge >= 0.3 is 0 Å². The summed E-state index contributed by atoms with van der Waals surface area (Å²) in [4.78, 5) is 29.2. The van der Waals surface area contributed by atoms with Crippen LogP contribution in [-0.4, -0.2) is 79.0 Å². The molecule has 1 aromatic heterocycles. The van der Waals surface area contributed by atoms with Crippen LogP contribution >= 0.6 is 0 Å². The van der Waals surface area contributed by atoms with Crippen molar-refractivity contribution in [2.45, 2.75) is 12.8 Å². The number of hydrogen-bond donors (Lipinski definition) is 1. The van der Waals surface area contributed by atoms with Crippen molar-refractivity contribution in [1.29, 1.82) is 0 Å². The lowest BCUT2D eigenvalue weighted by molar-refractivity contribution is -0.115. The Bertz CT molecular complexity index is 1350. The first-order chi connectivity index (χ1) is 18.5. The van der Waals surface area contributed by atoms with Crippen LogP contribution in [0, 0.1) is 0 Å². The van der Waals surface area contributed by atoms with E-state index in [-0.39, 0.29) is 5.91 Å². The highest BCUT2D eigenvalue weighted by molar-refractivity contribution is 5.92. The van der Waals surface area contributed by atoms with Crippen LogP contribution in [0.4, 0.5) is 11.5 Å². The second-order valence-corrected chi connectivity index (χ2v) is 10.2. The van der Waals surface area contributed by atoms with Crippen molar-refractivity contribution in [3.63, 3.8) is 0 Å². The molecule has 0 spiro atoms. The Hall–Kier alpha value is -3.81. The number of anilines is 2. The minimum atomic E-state index is -0.0214. The van der Waals surface area contributed by atoms with E-state index >= 15 is 0 Å². The zero-order chi connectivity index (χ0) is 26.3. The lowest BCUT2D eigenvalue weighted by Gasteiger charge is -2.35. The van der Waals surface area contributed by atoms with Gasteiger partial charge in [-0.2, -0.15) is 0 Å². The summed E-state index contributed by atoms with van der Waals surface area (Å²) in [6.45, 7) is 6.33. The lowest BCUT2D eigenvalue weighted by atomic mass is 10.0. The van der Waals surface area contributed by atoms with Crippen LogP contribution in [-0.2, 0) is 11.2 Å². The Morgan fingerprint density at radius 3 is 2.37 bits per heavy atom. The first-order valence-corrected chi connectivity index (χ1v) is 13.4. The summed E-state index contributed by atoms with van der Waals surface area (Å²) >= 11 is 0. The molecule has 4 aromatic rings. The van der Waals surface area contributed by atoms with Crippen molar-refractivity contribution in [1.82, 2.24) is 19.8 Å². The minimum Gasteiger partial charge on any atom is -0.353 e. The van der Waals surface area contributed by atoms with Crippen molar-refractivity contribution in [2.75, 3.05) is 63.6 Å². The van der Waals surface area contributed by atoms with Crippen LogP contribution in [0.2, 0.25) is 0 Å². The number of piperazine rings is 1. The van der Waals surface area contributed by atoms with Gasteiger partial charge in [0.15, 0.2) is 0 Å². The molecule has 7 heteroatoms. The molecular formula is C31H36N6O. The molecule has 0 bridgehead atoms. The molecule has 38 heavy (non-hydrogen) atoms. The number of nitrogens with zero attached hydrogens (tertiary/aromatic N) is 5. The van der Waals surface area contributed by atoms with Crippen molar-refractivity contribution in [3.8, 4) is 11.1 Å². The number of amides is 1. The lowest BCUT2D eigenvalue weighted by Crippen LogP contribution is -2.47. The molecule has 1 amide bonds. The van der Waals surface area contributed by atoms with Crippen LogP contribution in [0.5, 0.6) is 0 Å². The molecule has 0 unspecified atom stereocenters. The number of carbonyl (C=O) groups is 1. The molecule has 3 aromatic carbocycles. The summed E-state index contributed by atoms with van der Waals surface area (Å²) in [5.41, 5.74) is 5.74. The maximum absolute atomic E-state index is 12.4. The van der Waals surface area contributed by atoms with Crippen molar-refractivity contribution >= 4 is 28.4 Å². The summed E-state index contributed by atoms with van der Waals surface area (Å²) in [6.07, 6.45) is 3.46. The zero-order valence-electron chi connectivity index (χ0n) is 22.3. The van der Waals surface area contributed by atoms with Gasteiger partial charge in [0.25, 0.3) is 0 Å². The van der Waals surface area contributed by atoms with Gasteiger partial charge in [-0.15, -0.1) is 0 Å². The average Bonchev–Trinajstić information content (AvgIpc) is 2.93. The topological polar surface area (TPSA) is 64.6 Å². The molecule has 1 aliphatic rings. The highest BCUT2D eigenvalue weighted by Gasteiger charge is 2.18. The predicted molar refractivity (Wildman–Crippen MR) is 156 cm³/mol. The van der Waals surface area contributed by atoms with Gasteiger partial charge in [0, 0.05) is 31.9 Å². The Morgan fingerprint density at radius 2 is 1.63 bits per heavy atom. The van der Waals surface area contributed by atoms with Gasteiger partial charge in [0.05, 0.1) is 23.7 Å². The molecule has 1 aliphatic heterocycles. The number of hydrogen-bond acceptors (Lipinski definition) is 6. The van der Waals surface area contributed by atoms with E-state index in [1.54, 1.807) is 0 Å². The van der Waals surface area contributed by atoms with E-state index in [9.17, 15) is 4.79 Å². The van der Waals surface area contributed by atoms with Crippen LogP contribution in [0.15, 0.2) is 79.0 Å². The second-order valence-electron chi connectivity index (χ2n) is 10.2. The van der Waals surface area contributed by atoms with Crippen LogP contribution in [0.25, 0.3) is 22.2 Å². The smallest absolute Gasteiger partial charge is 0.228 e. The number of benzene rings is 3. The third-order valence-corrected chi connectivity index (χ3v) is 7.01. The maximum Gasteiger partial charge on any atom is 0.228 e. The third-order valence-electron chi connectivity index (χ3n) is 7.01. The predicted octanol–water partition coefficient (Wildman–Crippen LogP) is 4.55. The molecule has 0 aliphatic carbocycles. The normalized spacial score (nSPS) is 14.2. The number of aromatic nitrogens is 2. The second kappa shape index (κ2) is 12.2. The zero-order valence-corrected chi connectivity index (χ0v) is 22.3. The minimum absolute atomic E-state index is 0.0214. The molecule has 0 atom stereocenters. The van der Waals surface area contributed by atoms with E-state index in [0.717, 1.165) is 78.5 Å². The number of nitrogens with one attached hydrogen (secondary N) is 1. The molecule has 1 fully saturated rings.